The van der Waals surface area contributed by atoms with E-state index in [1.165, 1.54) is 69.9 Å². The van der Waals surface area contributed by atoms with Crippen LogP contribution >= 0.6 is 11.3 Å². The van der Waals surface area contributed by atoms with Crippen LogP contribution in [0.4, 0.5) is 17.1 Å². The molecule has 2 nitrogen and oxygen atoms in total. The van der Waals surface area contributed by atoms with Gasteiger partial charge in [-0.2, -0.15) is 0 Å². The zero-order valence-electron chi connectivity index (χ0n) is 27.8. The second kappa shape index (κ2) is 12.2. The molecule has 8 aromatic carbocycles. The summed E-state index contributed by atoms with van der Waals surface area (Å²) >= 11 is 1.88. The van der Waals surface area contributed by atoms with E-state index in [0.29, 0.717) is 0 Å². The van der Waals surface area contributed by atoms with Crippen molar-refractivity contribution < 1.29 is 0 Å². The molecule has 2 aromatic heterocycles. The molecule has 0 unspecified atom stereocenters. The van der Waals surface area contributed by atoms with Gasteiger partial charge in [0.15, 0.2) is 0 Å². The van der Waals surface area contributed by atoms with Crippen LogP contribution in [-0.2, 0) is 0 Å². The lowest BCUT2D eigenvalue weighted by Crippen LogP contribution is -2.09. The van der Waals surface area contributed by atoms with Gasteiger partial charge in [0.1, 0.15) is 0 Å². The summed E-state index contributed by atoms with van der Waals surface area (Å²) in [5.74, 6) is 0. The first-order valence-electron chi connectivity index (χ1n) is 17.4. The molecular formula is C48H32N2S. The predicted molar refractivity (Wildman–Crippen MR) is 219 cm³/mol. The zero-order chi connectivity index (χ0) is 33.7. The summed E-state index contributed by atoms with van der Waals surface area (Å²) < 4.78 is 5.07. The summed E-state index contributed by atoms with van der Waals surface area (Å²) in [6.07, 6.45) is 0. The fourth-order valence-electron chi connectivity index (χ4n) is 7.67. The minimum atomic E-state index is 1.11. The second-order valence-electron chi connectivity index (χ2n) is 12.9. The Hall–Kier alpha value is -6.42. The normalized spacial score (nSPS) is 11.5. The maximum absolute atomic E-state index is 2.41. The van der Waals surface area contributed by atoms with Crippen LogP contribution in [0.2, 0.25) is 0 Å². The molecule has 0 fully saturated rings. The molecule has 240 valence electrons. The zero-order valence-corrected chi connectivity index (χ0v) is 28.6. The molecule has 0 atom stereocenters. The number of thiophene rings is 1. The number of anilines is 3. The molecule has 10 rings (SSSR count). The van der Waals surface area contributed by atoms with Crippen molar-refractivity contribution in [2.75, 3.05) is 4.90 Å². The van der Waals surface area contributed by atoms with E-state index in [9.17, 15) is 0 Å². The van der Waals surface area contributed by atoms with E-state index < -0.39 is 0 Å². The highest BCUT2D eigenvalue weighted by Crippen LogP contribution is 2.42. The lowest BCUT2D eigenvalue weighted by atomic mass is 10.0. The number of nitrogens with zero attached hydrogens (tertiary/aromatic N) is 2. The first-order chi connectivity index (χ1) is 25.3. The third kappa shape index (κ3) is 4.93. The fraction of sp³-hybridized carbons (Fsp3) is 0. The average Bonchev–Trinajstić information content (AvgIpc) is 3.75. The summed E-state index contributed by atoms with van der Waals surface area (Å²) in [5.41, 5.74) is 11.8. The van der Waals surface area contributed by atoms with Gasteiger partial charge < -0.3 is 9.47 Å². The minimum absolute atomic E-state index is 1.11. The third-order valence-corrected chi connectivity index (χ3v) is 11.2. The van der Waals surface area contributed by atoms with E-state index in [1.807, 2.05) is 11.3 Å². The molecule has 51 heavy (non-hydrogen) atoms. The van der Waals surface area contributed by atoms with Crippen molar-refractivity contribution in [3.8, 4) is 27.9 Å². The number of para-hydroxylation sites is 4. The number of rotatable bonds is 6. The molecule has 0 saturated heterocycles. The Balaban J connectivity index is 1.05. The fourth-order valence-corrected chi connectivity index (χ4v) is 8.91. The van der Waals surface area contributed by atoms with Crippen LogP contribution in [0.15, 0.2) is 194 Å². The Morgan fingerprint density at radius 1 is 0.353 bits per heavy atom. The number of hydrogen-bond acceptors (Lipinski definition) is 2. The monoisotopic (exact) mass is 668 g/mol. The maximum Gasteiger partial charge on any atom is 0.0541 e. The van der Waals surface area contributed by atoms with Crippen molar-refractivity contribution in [1.29, 1.82) is 0 Å². The highest BCUT2D eigenvalue weighted by Gasteiger charge is 2.17. The molecule has 0 N–H and O–H groups in total. The molecular weight excluding hydrogens is 637 g/mol. The predicted octanol–water partition coefficient (Wildman–Crippen LogP) is 14.0. The van der Waals surface area contributed by atoms with Crippen LogP contribution < -0.4 is 4.90 Å². The molecule has 0 saturated carbocycles. The Labute approximate surface area is 300 Å². The average molecular weight is 669 g/mol. The summed E-state index contributed by atoms with van der Waals surface area (Å²) in [7, 11) is 0. The number of benzene rings is 8. The van der Waals surface area contributed by atoms with Gasteiger partial charge in [-0.3, -0.25) is 0 Å². The van der Waals surface area contributed by atoms with Crippen LogP contribution in [0.1, 0.15) is 0 Å². The molecule has 0 amide bonds. The third-order valence-electron chi connectivity index (χ3n) is 10.0. The SMILES string of the molecule is c1ccc(N(c2ccc(-c3ccccc3-n3c4ccccc4c4ccccc43)cc2)c2ccc(-c3cccc4c3sc3ccccc34)cc2)cc1. The van der Waals surface area contributed by atoms with Gasteiger partial charge in [-0.05, 0) is 77.4 Å². The number of fused-ring (bicyclic) bond motifs is 6. The second-order valence-corrected chi connectivity index (χ2v) is 14.0. The molecule has 3 heteroatoms. The van der Waals surface area contributed by atoms with Gasteiger partial charge in [0.2, 0.25) is 0 Å². The molecule has 0 aliphatic carbocycles. The largest absolute Gasteiger partial charge is 0.311 e. The van der Waals surface area contributed by atoms with Gasteiger partial charge in [0.05, 0.1) is 16.7 Å². The highest BCUT2D eigenvalue weighted by molar-refractivity contribution is 7.26. The van der Waals surface area contributed by atoms with E-state index in [2.05, 4.69) is 204 Å². The first-order valence-corrected chi connectivity index (χ1v) is 18.2. The lowest BCUT2D eigenvalue weighted by molar-refractivity contribution is 1.18. The first kappa shape index (κ1) is 29.5. The Morgan fingerprint density at radius 2 is 0.843 bits per heavy atom. The van der Waals surface area contributed by atoms with Gasteiger partial charge in [-0.15, -0.1) is 11.3 Å². The van der Waals surface area contributed by atoms with Crippen molar-refractivity contribution in [1.82, 2.24) is 4.57 Å². The van der Waals surface area contributed by atoms with Crippen LogP contribution in [0.3, 0.4) is 0 Å². The summed E-state index contributed by atoms with van der Waals surface area (Å²) in [6, 6.07) is 70.2. The summed E-state index contributed by atoms with van der Waals surface area (Å²) in [6.45, 7) is 0. The Morgan fingerprint density at radius 3 is 1.53 bits per heavy atom. The number of hydrogen-bond donors (Lipinski definition) is 0. The van der Waals surface area contributed by atoms with Gasteiger partial charge in [-0.1, -0.05) is 133 Å². The van der Waals surface area contributed by atoms with E-state index >= 15 is 0 Å². The smallest absolute Gasteiger partial charge is 0.0541 e. The van der Waals surface area contributed by atoms with Gasteiger partial charge in [0.25, 0.3) is 0 Å². The Kier molecular flexibility index (Phi) is 7.04. The van der Waals surface area contributed by atoms with Crippen LogP contribution in [0, 0.1) is 0 Å². The summed E-state index contributed by atoms with van der Waals surface area (Å²) in [4.78, 5) is 2.34. The van der Waals surface area contributed by atoms with Crippen molar-refractivity contribution in [2.45, 2.75) is 0 Å². The van der Waals surface area contributed by atoms with Gasteiger partial charge in [0, 0.05) is 53.6 Å². The van der Waals surface area contributed by atoms with E-state index in [-0.39, 0.29) is 0 Å². The Bertz CT molecular complexity index is 2790. The molecule has 10 aromatic rings. The van der Waals surface area contributed by atoms with Crippen molar-refractivity contribution in [2.24, 2.45) is 0 Å². The molecule has 0 aliphatic heterocycles. The van der Waals surface area contributed by atoms with Gasteiger partial charge >= 0.3 is 0 Å². The lowest BCUT2D eigenvalue weighted by Gasteiger charge is -2.26. The van der Waals surface area contributed by atoms with E-state index in [4.69, 9.17) is 0 Å². The topological polar surface area (TPSA) is 8.17 Å². The van der Waals surface area contributed by atoms with Crippen LogP contribution in [0.25, 0.3) is 69.9 Å². The van der Waals surface area contributed by atoms with Crippen molar-refractivity contribution in [3.05, 3.63) is 194 Å². The van der Waals surface area contributed by atoms with Crippen LogP contribution in [0.5, 0.6) is 0 Å². The van der Waals surface area contributed by atoms with Gasteiger partial charge in [-0.25, -0.2) is 0 Å². The van der Waals surface area contributed by atoms with E-state index in [0.717, 1.165) is 17.1 Å². The van der Waals surface area contributed by atoms with Crippen molar-refractivity contribution in [3.63, 3.8) is 0 Å². The molecule has 2 heterocycles. The molecule has 0 bridgehead atoms. The minimum Gasteiger partial charge on any atom is -0.311 e. The quantitative estimate of drug-likeness (QED) is 0.171. The standard InChI is InChI=1S/C48H32N2S/c1-2-13-35(14-3-1)49(37-31-27-34(28-32-37)39-19-12-20-43-42-18-7-11-24-47(42)51-48(39)43)36-29-25-33(26-30-36)38-15-4-8-21-44(38)50-45-22-9-5-16-40(45)41-17-6-10-23-46(41)50/h1-32H. The van der Waals surface area contributed by atoms with Crippen LogP contribution in [-0.4, -0.2) is 4.57 Å². The number of aromatic nitrogens is 1. The summed E-state index contributed by atoms with van der Waals surface area (Å²) in [5, 5.41) is 5.18. The maximum atomic E-state index is 2.41. The molecule has 0 aliphatic rings. The molecule has 0 radical (unpaired) electrons. The van der Waals surface area contributed by atoms with Crippen molar-refractivity contribution >= 4 is 70.4 Å². The highest BCUT2D eigenvalue weighted by atomic mass is 32.1. The molecule has 0 spiro atoms. The van der Waals surface area contributed by atoms with E-state index in [1.54, 1.807) is 0 Å².